The van der Waals surface area contributed by atoms with Crippen LogP contribution < -0.4 is 5.73 Å². The highest BCUT2D eigenvalue weighted by Crippen LogP contribution is 2.36. The highest BCUT2D eigenvalue weighted by molar-refractivity contribution is 6.36. The number of aromatic nitrogens is 2. The fourth-order valence-electron chi connectivity index (χ4n) is 2.85. The van der Waals surface area contributed by atoms with Gasteiger partial charge in [0.15, 0.2) is 5.82 Å². The summed E-state index contributed by atoms with van der Waals surface area (Å²) in [7, 11) is 1.25. The van der Waals surface area contributed by atoms with E-state index < -0.39 is 17.3 Å². The van der Waals surface area contributed by atoms with Crippen LogP contribution in [0, 0.1) is 17.1 Å². The van der Waals surface area contributed by atoms with Gasteiger partial charge in [-0.15, -0.1) is 0 Å². The number of nitrogens with one attached hydrogen (secondary N) is 1. The number of methoxy groups -OCH3 is 1. The van der Waals surface area contributed by atoms with E-state index in [4.69, 9.17) is 22.6 Å². The number of imidazole rings is 1. The Morgan fingerprint density at radius 3 is 2.89 bits per heavy atom. The number of H-pyrrole nitrogens is 1. The van der Waals surface area contributed by atoms with Gasteiger partial charge in [-0.25, -0.2) is 9.37 Å². The molecule has 0 saturated heterocycles. The molecule has 2 aromatic carbocycles. The SMILES string of the molecule is COC(=O)C[C@](C)(N)c1cc(F)c2nc(-c3cccc(C#N)c3)[nH]c2c1Cl. The number of halogens is 2. The summed E-state index contributed by atoms with van der Waals surface area (Å²) in [5.74, 6) is -0.785. The van der Waals surface area contributed by atoms with Gasteiger partial charge < -0.3 is 15.5 Å². The Hall–Kier alpha value is -2.95. The molecule has 1 aromatic heterocycles. The largest absolute Gasteiger partial charge is 0.469 e. The zero-order valence-corrected chi connectivity index (χ0v) is 15.4. The Bertz CT molecular complexity index is 1090. The molecule has 27 heavy (non-hydrogen) atoms. The lowest BCUT2D eigenvalue weighted by Crippen LogP contribution is -2.36. The number of hydrogen-bond donors (Lipinski definition) is 2. The Kier molecular flexibility index (Phi) is 4.87. The van der Waals surface area contributed by atoms with Gasteiger partial charge in [-0.1, -0.05) is 23.7 Å². The van der Waals surface area contributed by atoms with Gasteiger partial charge in [0.25, 0.3) is 0 Å². The Morgan fingerprint density at radius 2 is 2.22 bits per heavy atom. The van der Waals surface area contributed by atoms with Crippen molar-refractivity contribution >= 4 is 28.6 Å². The van der Waals surface area contributed by atoms with E-state index in [0.29, 0.717) is 17.0 Å². The average Bonchev–Trinajstić information content (AvgIpc) is 3.10. The van der Waals surface area contributed by atoms with Crippen molar-refractivity contribution in [1.82, 2.24) is 9.97 Å². The van der Waals surface area contributed by atoms with Crippen LogP contribution >= 0.6 is 11.6 Å². The molecule has 0 unspecified atom stereocenters. The monoisotopic (exact) mass is 386 g/mol. The number of aromatic amines is 1. The molecule has 0 spiro atoms. The molecule has 1 atom stereocenters. The number of hydrogen-bond acceptors (Lipinski definition) is 5. The van der Waals surface area contributed by atoms with E-state index in [1.165, 1.54) is 13.2 Å². The maximum Gasteiger partial charge on any atom is 0.307 e. The second-order valence-corrected chi connectivity index (χ2v) is 6.77. The van der Waals surface area contributed by atoms with Gasteiger partial charge in [0, 0.05) is 5.56 Å². The fraction of sp³-hybridized carbons (Fsp3) is 0.211. The normalized spacial score (nSPS) is 13.2. The third kappa shape index (κ3) is 3.50. The van der Waals surface area contributed by atoms with Crippen molar-refractivity contribution < 1.29 is 13.9 Å². The molecule has 0 saturated carbocycles. The van der Waals surface area contributed by atoms with Gasteiger partial charge in [0.05, 0.1) is 41.2 Å². The van der Waals surface area contributed by atoms with Gasteiger partial charge in [-0.3, -0.25) is 4.79 Å². The molecular weight excluding hydrogens is 371 g/mol. The van der Waals surface area contributed by atoms with Crippen molar-refractivity contribution in [2.24, 2.45) is 5.73 Å². The molecule has 0 aliphatic rings. The summed E-state index contributed by atoms with van der Waals surface area (Å²) >= 11 is 6.46. The van der Waals surface area contributed by atoms with Gasteiger partial charge in [0.1, 0.15) is 11.3 Å². The molecule has 6 nitrogen and oxygen atoms in total. The van der Waals surface area contributed by atoms with Crippen LogP contribution in [0.1, 0.15) is 24.5 Å². The zero-order chi connectivity index (χ0) is 19.8. The van der Waals surface area contributed by atoms with Crippen molar-refractivity contribution in [3.05, 3.63) is 52.3 Å². The smallest absolute Gasteiger partial charge is 0.307 e. The molecule has 3 N–H and O–H groups in total. The average molecular weight is 387 g/mol. The number of esters is 1. The van der Waals surface area contributed by atoms with Crippen molar-refractivity contribution in [2.45, 2.75) is 18.9 Å². The maximum absolute atomic E-state index is 14.7. The van der Waals surface area contributed by atoms with E-state index in [0.717, 1.165) is 0 Å². The van der Waals surface area contributed by atoms with Crippen molar-refractivity contribution in [3.8, 4) is 17.5 Å². The molecule has 3 aromatic rings. The van der Waals surface area contributed by atoms with Gasteiger partial charge >= 0.3 is 5.97 Å². The molecule has 0 radical (unpaired) electrons. The number of benzene rings is 2. The molecule has 8 heteroatoms. The Labute approximate surface area is 159 Å². The number of ether oxygens (including phenoxy) is 1. The molecule has 1 heterocycles. The summed E-state index contributed by atoms with van der Waals surface area (Å²) in [6, 6.07) is 9.97. The lowest BCUT2D eigenvalue weighted by Gasteiger charge is -2.25. The molecule has 0 amide bonds. The Balaban J connectivity index is 2.15. The molecule has 3 rings (SSSR count). The first-order valence-electron chi connectivity index (χ1n) is 8.01. The van der Waals surface area contributed by atoms with E-state index in [1.54, 1.807) is 31.2 Å². The van der Waals surface area contributed by atoms with Crippen molar-refractivity contribution in [1.29, 1.82) is 5.26 Å². The standard InChI is InChI=1S/C19H16ClFN4O2/c1-19(23,8-14(26)27-2)12-7-13(21)16-17(15(12)20)25-18(24-16)11-5-3-4-10(6-11)9-22/h3-7H,8,23H2,1-2H3,(H,24,25)/t19-/m0/s1. The summed E-state index contributed by atoms with van der Waals surface area (Å²) in [5, 5.41) is 9.22. The fourth-order valence-corrected chi connectivity index (χ4v) is 3.26. The number of fused-ring (bicyclic) bond motifs is 1. The van der Waals surface area contributed by atoms with Crippen LogP contribution in [0.15, 0.2) is 30.3 Å². The first-order chi connectivity index (χ1) is 12.8. The second kappa shape index (κ2) is 6.99. The number of carbonyl (C=O) groups is 1. The van der Waals surface area contributed by atoms with E-state index in [-0.39, 0.29) is 28.0 Å². The second-order valence-electron chi connectivity index (χ2n) is 6.39. The van der Waals surface area contributed by atoms with Crippen LogP contribution in [0.3, 0.4) is 0 Å². The lowest BCUT2D eigenvalue weighted by molar-refractivity contribution is -0.141. The number of nitrogens with two attached hydrogens (primary N) is 1. The van der Waals surface area contributed by atoms with E-state index in [9.17, 15) is 9.18 Å². The molecule has 0 aliphatic carbocycles. The first-order valence-corrected chi connectivity index (χ1v) is 8.39. The number of nitriles is 1. The first kappa shape index (κ1) is 18.8. The molecule has 138 valence electrons. The number of carbonyl (C=O) groups excluding carboxylic acids is 1. The van der Waals surface area contributed by atoms with Crippen LogP contribution in [0.2, 0.25) is 5.02 Å². The summed E-state index contributed by atoms with van der Waals surface area (Å²) in [5.41, 5.74) is 6.63. The Morgan fingerprint density at radius 1 is 1.48 bits per heavy atom. The van der Waals surface area contributed by atoms with Gasteiger partial charge in [-0.05, 0) is 30.7 Å². The summed E-state index contributed by atoms with van der Waals surface area (Å²) in [6.45, 7) is 1.57. The molecule has 0 bridgehead atoms. The van der Waals surface area contributed by atoms with E-state index in [1.807, 2.05) is 6.07 Å². The third-order valence-electron chi connectivity index (χ3n) is 4.28. The van der Waals surface area contributed by atoms with E-state index >= 15 is 0 Å². The van der Waals surface area contributed by atoms with Crippen molar-refractivity contribution in [3.63, 3.8) is 0 Å². The minimum atomic E-state index is -1.23. The minimum Gasteiger partial charge on any atom is -0.469 e. The summed E-state index contributed by atoms with van der Waals surface area (Å²) in [4.78, 5) is 18.9. The van der Waals surface area contributed by atoms with Gasteiger partial charge in [0.2, 0.25) is 0 Å². The van der Waals surface area contributed by atoms with Crippen LogP contribution in [-0.4, -0.2) is 23.0 Å². The molecule has 0 aliphatic heterocycles. The summed E-state index contributed by atoms with van der Waals surface area (Å²) < 4.78 is 19.3. The highest BCUT2D eigenvalue weighted by Gasteiger charge is 2.30. The van der Waals surface area contributed by atoms with E-state index in [2.05, 4.69) is 14.7 Å². The number of nitrogens with zero attached hydrogens (tertiary/aromatic N) is 2. The molecular formula is C19H16ClFN4O2. The topological polar surface area (TPSA) is 105 Å². The quantitative estimate of drug-likeness (QED) is 0.666. The predicted molar refractivity (Wildman–Crippen MR) is 99.4 cm³/mol. The van der Waals surface area contributed by atoms with Crippen LogP contribution in [0.5, 0.6) is 0 Å². The van der Waals surface area contributed by atoms with Crippen molar-refractivity contribution in [2.75, 3.05) is 7.11 Å². The minimum absolute atomic E-state index is 0.0509. The number of rotatable bonds is 4. The zero-order valence-electron chi connectivity index (χ0n) is 14.6. The van der Waals surface area contributed by atoms with Crippen LogP contribution in [-0.2, 0) is 15.1 Å². The highest BCUT2D eigenvalue weighted by atomic mass is 35.5. The predicted octanol–water partition coefficient (Wildman–Crippen LogP) is 3.63. The van der Waals surface area contributed by atoms with Crippen LogP contribution in [0.25, 0.3) is 22.4 Å². The summed E-state index contributed by atoms with van der Waals surface area (Å²) in [6.07, 6.45) is -0.167. The maximum atomic E-state index is 14.7. The third-order valence-corrected chi connectivity index (χ3v) is 4.67. The lowest BCUT2D eigenvalue weighted by atomic mass is 9.89. The molecule has 0 fully saturated rings. The van der Waals surface area contributed by atoms with Gasteiger partial charge in [-0.2, -0.15) is 5.26 Å². The van der Waals surface area contributed by atoms with Crippen LogP contribution in [0.4, 0.5) is 4.39 Å².